The fraction of sp³-hybridized carbons (Fsp3) is 0.387. The number of hydrogen-bond acceptors (Lipinski definition) is 15. The number of carbonyl (C=O) groups excluding carboxylic acids is 2. The summed E-state index contributed by atoms with van der Waals surface area (Å²) in [6.07, 6.45) is 10.3. The number of amides is 2. The second kappa shape index (κ2) is 22.0. The summed E-state index contributed by atoms with van der Waals surface area (Å²) in [5.74, 6) is 0.194. The summed E-state index contributed by atoms with van der Waals surface area (Å²) < 4.78 is 37.0. The number of anilines is 1. The van der Waals surface area contributed by atoms with Crippen LogP contribution < -0.4 is 25.0 Å². The van der Waals surface area contributed by atoms with Crippen molar-refractivity contribution >= 4 is 45.1 Å². The largest absolute Gasteiger partial charge is 0.486 e. The quantitative estimate of drug-likeness (QED) is 0.0580. The van der Waals surface area contributed by atoms with Gasteiger partial charge >= 0.3 is 6.01 Å². The number of pyridine rings is 1. The van der Waals surface area contributed by atoms with Crippen molar-refractivity contribution in [3.63, 3.8) is 0 Å². The Labute approximate surface area is 472 Å². The average Bonchev–Trinajstić information content (AvgIpc) is 3.41. The molecule has 8 aromatic rings. The number of aliphatic hydroxyl groups is 2. The van der Waals surface area contributed by atoms with E-state index < -0.39 is 30.0 Å². The Balaban J connectivity index is 0.784. The molecule has 5 atom stereocenters. The highest BCUT2D eigenvalue weighted by Gasteiger charge is 2.43. The molecule has 4 aromatic heterocycles. The molecule has 19 nitrogen and oxygen atoms in total. The molecule has 2 bridgehead atoms. The number of H-pyrrole nitrogens is 1. The van der Waals surface area contributed by atoms with E-state index in [0.717, 1.165) is 101 Å². The molecule has 422 valence electrons. The molecule has 1 aliphatic carbocycles. The van der Waals surface area contributed by atoms with E-state index in [1.807, 2.05) is 61.5 Å². The lowest BCUT2D eigenvalue weighted by atomic mass is 9.88. The van der Waals surface area contributed by atoms with E-state index in [0.29, 0.717) is 64.0 Å². The van der Waals surface area contributed by atoms with Crippen LogP contribution in [0.4, 0.5) is 10.2 Å². The normalized spacial score (nSPS) is 20.2. The molecule has 4 saturated heterocycles. The molecule has 1 saturated carbocycles. The van der Waals surface area contributed by atoms with Gasteiger partial charge in [0.25, 0.3) is 5.91 Å². The van der Waals surface area contributed by atoms with Crippen molar-refractivity contribution in [1.82, 2.24) is 55.7 Å². The Hall–Kier alpha value is -8.17. The molecule has 2 amide bonds. The summed E-state index contributed by atoms with van der Waals surface area (Å²) in [7, 11) is 0. The van der Waals surface area contributed by atoms with Crippen LogP contribution in [0.5, 0.6) is 11.8 Å². The summed E-state index contributed by atoms with van der Waals surface area (Å²) in [6, 6.07) is 20.1. The minimum Gasteiger partial charge on any atom is -0.486 e. The fourth-order valence-electron chi connectivity index (χ4n) is 12.4. The predicted octanol–water partition coefficient (Wildman–Crippen LogP) is 7.88. The zero-order valence-corrected chi connectivity index (χ0v) is 46.2. The van der Waals surface area contributed by atoms with Crippen molar-refractivity contribution in [3.05, 3.63) is 131 Å². The first-order valence-electron chi connectivity index (χ1n) is 28.4. The van der Waals surface area contributed by atoms with Crippen LogP contribution in [-0.4, -0.2) is 137 Å². The molecule has 5 N–H and O–H groups in total. The van der Waals surface area contributed by atoms with Crippen LogP contribution in [0.2, 0.25) is 0 Å². The summed E-state index contributed by atoms with van der Waals surface area (Å²) in [4.78, 5) is 47.0. The highest BCUT2D eigenvalue weighted by atomic mass is 19.1. The lowest BCUT2D eigenvalue weighted by Crippen LogP contribution is -2.48. The number of hydrogen-bond donors (Lipinski definition) is 5. The number of rotatable bonds is 16. The van der Waals surface area contributed by atoms with E-state index in [1.165, 1.54) is 15.6 Å². The van der Waals surface area contributed by atoms with E-state index in [9.17, 15) is 19.8 Å². The Kier molecular flexibility index (Phi) is 14.2. The van der Waals surface area contributed by atoms with Crippen molar-refractivity contribution in [1.29, 1.82) is 0 Å². The molecule has 82 heavy (non-hydrogen) atoms. The number of likely N-dealkylation sites (tertiary alicyclic amines) is 1. The number of aromatic amines is 1. The Morgan fingerprint density at radius 1 is 0.927 bits per heavy atom. The van der Waals surface area contributed by atoms with Crippen LogP contribution in [0.1, 0.15) is 92.1 Å². The predicted molar refractivity (Wildman–Crippen MR) is 306 cm³/mol. The molecule has 20 heteroatoms. The van der Waals surface area contributed by atoms with Crippen molar-refractivity contribution in [2.45, 2.75) is 115 Å². The van der Waals surface area contributed by atoms with E-state index in [2.05, 4.69) is 47.1 Å². The Bertz CT molecular complexity index is 3780. The zero-order valence-electron chi connectivity index (χ0n) is 46.2. The van der Waals surface area contributed by atoms with Gasteiger partial charge in [0.2, 0.25) is 5.91 Å². The van der Waals surface area contributed by atoms with Gasteiger partial charge in [-0.05, 0) is 116 Å². The third-order valence-electron chi connectivity index (χ3n) is 16.9. The molecule has 5 aliphatic rings. The maximum atomic E-state index is 16.2. The minimum absolute atomic E-state index is 0.0189. The number of fused-ring (bicyclic) bond motifs is 4. The number of benzene rings is 4. The van der Waals surface area contributed by atoms with E-state index in [4.69, 9.17) is 24.2 Å². The van der Waals surface area contributed by atoms with E-state index >= 15 is 4.39 Å². The van der Waals surface area contributed by atoms with Gasteiger partial charge in [-0.1, -0.05) is 53.7 Å². The number of ether oxygens (including phenoxy) is 3. The molecule has 8 heterocycles. The summed E-state index contributed by atoms with van der Waals surface area (Å²) in [5, 5.41) is 45.9. The molecule has 5 fully saturated rings. The van der Waals surface area contributed by atoms with Gasteiger partial charge in [-0.2, -0.15) is 15.1 Å². The minimum atomic E-state index is -1.02. The molecule has 4 aromatic carbocycles. The highest BCUT2D eigenvalue weighted by Crippen LogP contribution is 2.53. The van der Waals surface area contributed by atoms with Crippen LogP contribution in [0.25, 0.3) is 61.0 Å². The van der Waals surface area contributed by atoms with Gasteiger partial charge in [0.1, 0.15) is 47.3 Å². The topological polar surface area (TPSA) is 231 Å². The smallest absolute Gasteiger partial charge is 0.319 e. The van der Waals surface area contributed by atoms with Crippen molar-refractivity contribution < 1.29 is 38.4 Å². The Morgan fingerprint density at radius 2 is 1.72 bits per heavy atom. The third kappa shape index (κ3) is 10.1. The zero-order chi connectivity index (χ0) is 56.3. The summed E-state index contributed by atoms with van der Waals surface area (Å²) in [5.41, 5.74) is 10.8. The number of aromatic nitrogens is 8. The van der Waals surface area contributed by atoms with Crippen molar-refractivity contribution in [3.8, 4) is 45.3 Å². The second-order valence-electron chi connectivity index (χ2n) is 22.7. The SMILES string of the molecule is CC(C)=C(C(=O)N1C[C@H](O)C[C@H]1C(=O)N[C@@H](CO)c1ccc(-c2ccncc2C)cc1)n1cc(-c2ccc(COc3c(-c4c(C)c(F)cc5[nH]ncc45)c(C4CC4)cc4c(N5C[C@@H]6C[C@H]5CN6)nc(OC5CCOCC5)nc34)cc2)nn1. The fourth-order valence-corrected chi connectivity index (χ4v) is 12.4. The number of β-amino-alcohol motifs (C(OH)–C–C–N with tert-alkyl or cyclic N) is 1. The van der Waals surface area contributed by atoms with Gasteiger partial charge in [-0.3, -0.25) is 19.7 Å². The standard InChI is InChI=1S/C62H65FN12O7/c1-33(2)57(61(79)74-29-43(77)22-53(74)60(78)67-52(31-76)40-13-11-37(12-14-40)45-15-18-64-25-34(45)3)75-30-51(71-72-75)39-7-5-36(6-8-39)32-81-58-55(54-35(4)49(63)24-50-48(54)27-66-70-50)46(38-9-10-38)23-47-56(58)68-62(82-44-16-19-80-20-17-44)69-59(47)73-28-41-21-42(73)26-65-41/h5-8,11-15,18,23-25,27,30,38,41-44,52-53,65,76-77H,9-10,16-17,19-22,26,28-29,31-32H2,1-4H3,(H,66,70)(H,67,78)/t41-,42-,43+,52-,53-/m0/s1. The number of carbonyl (C=O) groups is 2. The molecule has 0 radical (unpaired) electrons. The summed E-state index contributed by atoms with van der Waals surface area (Å²) in [6.45, 7) is 9.88. The van der Waals surface area contributed by atoms with Crippen molar-refractivity contribution in [2.24, 2.45) is 0 Å². The van der Waals surface area contributed by atoms with Gasteiger partial charge in [-0.25, -0.2) is 9.07 Å². The van der Waals surface area contributed by atoms with Crippen molar-refractivity contribution in [2.75, 3.05) is 44.4 Å². The van der Waals surface area contributed by atoms with Crippen LogP contribution in [0.15, 0.2) is 97.1 Å². The van der Waals surface area contributed by atoms with Gasteiger partial charge < -0.3 is 44.9 Å². The molecule has 0 unspecified atom stereocenters. The monoisotopic (exact) mass is 1110 g/mol. The van der Waals surface area contributed by atoms with Crippen LogP contribution in [-0.2, 0) is 20.9 Å². The Morgan fingerprint density at radius 3 is 2.44 bits per heavy atom. The number of piperazine rings is 1. The van der Waals surface area contributed by atoms with Crippen LogP contribution >= 0.6 is 0 Å². The maximum Gasteiger partial charge on any atom is 0.319 e. The van der Waals surface area contributed by atoms with Gasteiger partial charge in [0.15, 0.2) is 5.75 Å². The second-order valence-corrected chi connectivity index (χ2v) is 22.7. The average molecular weight is 1110 g/mol. The molecule has 0 spiro atoms. The summed E-state index contributed by atoms with van der Waals surface area (Å²) >= 11 is 0. The molecular weight excluding hydrogens is 1040 g/mol. The first kappa shape index (κ1) is 53.2. The van der Waals surface area contributed by atoms with Gasteiger partial charge in [-0.15, -0.1) is 5.10 Å². The van der Waals surface area contributed by atoms with E-state index in [-0.39, 0.29) is 61.8 Å². The number of halogens is 1. The van der Waals surface area contributed by atoms with Crippen LogP contribution in [0.3, 0.4) is 0 Å². The lowest BCUT2D eigenvalue weighted by molar-refractivity contribution is -0.135. The highest BCUT2D eigenvalue weighted by molar-refractivity contribution is 6.15. The number of aryl methyl sites for hydroxylation is 1. The molecule has 13 rings (SSSR count). The lowest BCUT2D eigenvalue weighted by Gasteiger charge is -2.31. The molecule has 4 aliphatic heterocycles. The first-order valence-corrected chi connectivity index (χ1v) is 28.4. The van der Waals surface area contributed by atoms with Gasteiger partial charge in [0.05, 0.1) is 49.9 Å². The van der Waals surface area contributed by atoms with Gasteiger partial charge in [0, 0.05) is 90.8 Å². The number of allylic oxidation sites excluding steroid dienone is 1. The first-order chi connectivity index (χ1) is 39.9. The maximum absolute atomic E-state index is 16.2. The third-order valence-corrected chi connectivity index (χ3v) is 16.9. The van der Waals surface area contributed by atoms with Crippen LogP contribution in [0, 0.1) is 19.7 Å². The number of nitrogens with one attached hydrogen (secondary N) is 3. The number of nitrogens with zero attached hydrogens (tertiary/aromatic N) is 9. The molecular formula is C62H65FN12O7. The van der Waals surface area contributed by atoms with E-state index in [1.54, 1.807) is 45.6 Å². The number of aliphatic hydroxyl groups excluding tert-OH is 2.